The minimum absolute atomic E-state index is 0.0338. The lowest BCUT2D eigenvalue weighted by molar-refractivity contribution is -0.123. The Bertz CT molecular complexity index is 913. The lowest BCUT2D eigenvalue weighted by Crippen LogP contribution is -2.34. The summed E-state index contributed by atoms with van der Waals surface area (Å²) in [6.45, 7) is 4.31. The van der Waals surface area contributed by atoms with Crippen LogP contribution >= 0.6 is 51.5 Å². The summed E-state index contributed by atoms with van der Waals surface area (Å²) in [5.41, 5.74) is 1.84. The number of thioether (sulfide) groups is 1. The molecule has 1 aliphatic heterocycles. The molecule has 0 radical (unpaired) electrons. The van der Waals surface area contributed by atoms with Crippen LogP contribution in [-0.4, -0.2) is 21.2 Å². The number of carbonyl (C=O) groups excluding carboxylic acids is 1. The van der Waals surface area contributed by atoms with Crippen LogP contribution in [0.4, 0.5) is 0 Å². The first kappa shape index (κ1) is 20.4. The van der Waals surface area contributed by atoms with Crippen molar-refractivity contribution in [3.63, 3.8) is 0 Å². The second-order valence-electron chi connectivity index (χ2n) is 6.24. The first-order valence-corrected chi connectivity index (χ1v) is 10.7. The Morgan fingerprint density at radius 1 is 1.26 bits per heavy atom. The van der Waals surface area contributed by atoms with Gasteiger partial charge in [-0.2, -0.15) is 0 Å². The van der Waals surface area contributed by atoms with E-state index in [2.05, 4.69) is 15.9 Å². The molecule has 0 N–H and O–H groups in total. The quantitative estimate of drug-likeness (QED) is 0.370. The highest BCUT2D eigenvalue weighted by Gasteiger charge is 2.33. The number of halogens is 2. The van der Waals surface area contributed by atoms with Gasteiger partial charge in [-0.05, 0) is 55.8 Å². The molecule has 2 aromatic rings. The van der Waals surface area contributed by atoms with Gasteiger partial charge in [0.25, 0.3) is 5.91 Å². The van der Waals surface area contributed by atoms with Crippen molar-refractivity contribution in [1.29, 1.82) is 0 Å². The molecule has 0 unspecified atom stereocenters. The van der Waals surface area contributed by atoms with Crippen molar-refractivity contribution in [1.82, 2.24) is 4.90 Å². The van der Waals surface area contributed by atoms with Crippen LogP contribution in [0.1, 0.15) is 25.0 Å². The molecule has 3 rings (SSSR count). The maximum atomic E-state index is 12.7. The Balaban J connectivity index is 1.85. The Morgan fingerprint density at radius 3 is 2.59 bits per heavy atom. The van der Waals surface area contributed by atoms with Crippen LogP contribution in [0.25, 0.3) is 6.08 Å². The van der Waals surface area contributed by atoms with Crippen molar-refractivity contribution >= 4 is 67.8 Å². The van der Waals surface area contributed by atoms with Crippen LogP contribution in [0.3, 0.4) is 0 Å². The monoisotopic (exact) mass is 481 g/mol. The molecule has 3 nitrogen and oxygen atoms in total. The van der Waals surface area contributed by atoms with Gasteiger partial charge in [0.05, 0.1) is 4.91 Å². The van der Waals surface area contributed by atoms with Crippen molar-refractivity contribution < 1.29 is 9.53 Å². The van der Waals surface area contributed by atoms with Crippen molar-refractivity contribution in [2.45, 2.75) is 26.5 Å². The van der Waals surface area contributed by atoms with E-state index in [0.717, 1.165) is 15.6 Å². The van der Waals surface area contributed by atoms with E-state index in [9.17, 15) is 4.79 Å². The normalized spacial score (nSPS) is 15.9. The highest BCUT2D eigenvalue weighted by Crippen LogP contribution is 2.36. The van der Waals surface area contributed by atoms with E-state index in [1.807, 2.05) is 62.4 Å². The number of nitrogens with zero attached hydrogens (tertiary/aromatic N) is 1. The lowest BCUT2D eigenvalue weighted by Gasteiger charge is -2.18. The predicted molar refractivity (Wildman–Crippen MR) is 120 cm³/mol. The molecule has 0 aromatic heterocycles. The van der Waals surface area contributed by atoms with Gasteiger partial charge >= 0.3 is 0 Å². The molecule has 27 heavy (non-hydrogen) atoms. The number of carbonyl (C=O) groups is 1. The van der Waals surface area contributed by atoms with Gasteiger partial charge in [-0.3, -0.25) is 9.69 Å². The maximum Gasteiger partial charge on any atom is 0.266 e. The Morgan fingerprint density at radius 2 is 1.96 bits per heavy atom. The summed E-state index contributed by atoms with van der Waals surface area (Å²) in [5.74, 6) is 0.631. The first-order valence-electron chi connectivity index (χ1n) is 8.29. The third-order valence-corrected chi connectivity index (χ3v) is 5.98. The molecule has 2 aromatic carbocycles. The molecule has 1 saturated heterocycles. The summed E-state index contributed by atoms with van der Waals surface area (Å²) in [4.78, 5) is 14.9. The summed E-state index contributed by atoms with van der Waals surface area (Å²) in [6, 6.07) is 13.3. The third kappa shape index (κ3) is 4.93. The molecule has 140 valence electrons. The first-order chi connectivity index (χ1) is 12.8. The highest BCUT2D eigenvalue weighted by atomic mass is 79.9. The van der Waals surface area contributed by atoms with E-state index in [0.29, 0.717) is 26.6 Å². The van der Waals surface area contributed by atoms with E-state index >= 15 is 0 Å². The van der Waals surface area contributed by atoms with Crippen molar-refractivity contribution in [3.05, 3.63) is 68.0 Å². The van der Waals surface area contributed by atoms with Crippen molar-refractivity contribution in [3.8, 4) is 5.75 Å². The summed E-state index contributed by atoms with van der Waals surface area (Å²) in [7, 11) is 0. The largest absolute Gasteiger partial charge is 0.488 e. The predicted octanol–water partition coefficient (Wildman–Crippen LogP) is 6.29. The molecule has 1 aliphatic rings. The Labute approximate surface area is 181 Å². The van der Waals surface area contributed by atoms with Gasteiger partial charge in [0, 0.05) is 21.1 Å². The summed E-state index contributed by atoms with van der Waals surface area (Å²) < 4.78 is 7.48. The summed E-state index contributed by atoms with van der Waals surface area (Å²) in [5, 5.41) is 0.690. The zero-order valence-corrected chi connectivity index (χ0v) is 18.7. The number of ether oxygens (including phenoxy) is 1. The molecule has 1 heterocycles. The fraction of sp³-hybridized carbons (Fsp3) is 0.200. The second kappa shape index (κ2) is 8.78. The summed E-state index contributed by atoms with van der Waals surface area (Å²) >= 11 is 16.1. The lowest BCUT2D eigenvalue weighted by atomic mass is 10.1. The minimum Gasteiger partial charge on any atom is -0.488 e. The van der Waals surface area contributed by atoms with Gasteiger partial charge in [0.1, 0.15) is 16.7 Å². The molecule has 7 heteroatoms. The van der Waals surface area contributed by atoms with E-state index in [4.69, 9.17) is 28.6 Å². The van der Waals surface area contributed by atoms with E-state index < -0.39 is 0 Å². The van der Waals surface area contributed by atoms with Crippen LogP contribution in [0.5, 0.6) is 5.75 Å². The smallest absolute Gasteiger partial charge is 0.266 e. The highest BCUT2D eigenvalue weighted by molar-refractivity contribution is 9.10. The molecule has 0 aliphatic carbocycles. The average Bonchev–Trinajstić information content (AvgIpc) is 2.89. The van der Waals surface area contributed by atoms with Crippen molar-refractivity contribution in [2.24, 2.45) is 0 Å². The number of thiocarbonyl (C=S) groups is 1. The topological polar surface area (TPSA) is 29.5 Å². The SMILES string of the molecule is CC(C)N1C(=O)C(=Cc2cc(Br)ccc2OCc2ccc(Cl)cc2)SC1=S. The third-order valence-electron chi connectivity index (χ3n) is 3.91. The fourth-order valence-corrected chi connectivity index (χ4v) is 4.59. The number of rotatable bonds is 5. The van der Waals surface area contributed by atoms with Crippen molar-refractivity contribution in [2.75, 3.05) is 0 Å². The fourth-order valence-electron chi connectivity index (χ4n) is 2.57. The molecule has 1 amide bonds. The number of hydrogen-bond acceptors (Lipinski definition) is 4. The number of benzene rings is 2. The minimum atomic E-state index is -0.0661. The van der Waals surface area contributed by atoms with Gasteiger partial charge in [-0.15, -0.1) is 0 Å². The van der Waals surface area contributed by atoms with Gasteiger partial charge in [-0.25, -0.2) is 0 Å². The molecular formula is C20H17BrClNO2S2. The zero-order valence-electron chi connectivity index (χ0n) is 14.7. The van der Waals surface area contributed by atoms with E-state index in [1.54, 1.807) is 4.90 Å². The van der Waals surface area contributed by atoms with Gasteiger partial charge < -0.3 is 4.74 Å². The molecule has 0 atom stereocenters. The van der Waals surface area contributed by atoms with Crippen LogP contribution in [0.15, 0.2) is 51.8 Å². The Hall–Kier alpha value is -1.34. The Kier molecular flexibility index (Phi) is 6.63. The zero-order chi connectivity index (χ0) is 19.6. The number of hydrogen-bond donors (Lipinski definition) is 0. The van der Waals surface area contributed by atoms with Crippen LogP contribution in [0.2, 0.25) is 5.02 Å². The van der Waals surface area contributed by atoms with Crippen LogP contribution < -0.4 is 4.74 Å². The number of amides is 1. The molecule has 0 bridgehead atoms. The van der Waals surface area contributed by atoms with Gasteiger partial charge in [0.2, 0.25) is 0 Å². The van der Waals surface area contributed by atoms with Gasteiger partial charge in [0.15, 0.2) is 0 Å². The van der Waals surface area contributed by atoms with E-state index in [1.165, 1.54) is 11.8 Å². The maximum absolute atomic E-state index is 12.7. The van der Waals surface area contributed by atoms with Gasteiger partial charge in [-0.1, -0.05) is 63.6 Å². The molecular weight excluding hydrogens is 466 g/mol. The standard InChI is InChI=1S/C20H17BrClNO2S2/c1-12(2)23-19(24)18(27-20(23)26)10-14-9-15(21)5-8-17(14)25-11-13-3-6-16(22)7-4-13/h3-10,12H,11H2,1-2H3. The molecule has 0 saturated carbocycles. The second-order valence-corrected chi connectivity index (χ2v) is 9.27. The van der Waals surface area contributed by atoms with E-state index in [-0.39, 0.29) is 11.9 Å². The average molecular weight is 483 g/mol. The molecule has 1 fully saturated rings. The van der Waals surface area contributed by atoms with Crippen LogP contribution in [0, 0.1) is 0 Å². The van der Waals surface area contributed by atoms with Crippen LogP contribution in [-0.2, 0) is 11.4 Å². The summed E-state index contributed by atoms with van der Waals surface area (Å²) in [6.07, 6.45) is 1.84. The molecule has 0 spiro atoms.